The Kier molecular flexibility index (Phi) is 3.68. The number of alkyl halides is 1. The second-order valence-electron chi connectivity index (χ2n) is 4.77. The van der Waals surface area contributed by atoms with E-state index in [1.165, 1.54) is 0 Å². The van der Waals surface area contributed by atoms with Crippen LogP contribution in [0.2, 0.25) is 5.02 Å². The molecule has 3 rings (SSSR count). The lowest BCUT2D eigenvalue weighted by Crippen LogP contribution is -2.30. The molecule has 1 heterocycles. The summed E-state index contributed by atoms with van der Waals surface area (Å²) in [6.45, 7) is 0.592. The number of anilines is 1. The van der Waals surface area contributed by atoms with E-state index in [0.29, 0.717) is 6.54 Å². The van der Waals surface area contributed by atoms with E-state index in [1.54, 1.807) is 4.90 Å². The molecule has 0 fully saturated rings. The van der Waals surface area contributed by atoms with Gasteiger partial charge in [-0.1, -0.05) is 48.0 Å². The molecule has 20 heavy (non-hydrogen) atoms. The van der Waals surface area contributed by atoms with Gasteiger partial charge in [0.15, 0.2) is 0 Å². The number of hydrogen-bond donors (Lipinski definition) is 0. The topological polar surface area (TPSA) is 20.3 Å². The summed E-state index contributed by atoms with van der Waals surface area (Å²) in [6, 6.07) is 15.7. The second kappa shape index (κ2) is 5.47. The molecule has 2 aromatic carbocycles. The van der Waals surface area contributed by atoms with E-state index in [4.69, 9.17) is 23.2 Å². The van der Waals surface area contributed by atoms with Crippen molar-refractivity contribution >= 4 is 34.8 Å². The zero-order chi connectivity index (χ0) is 14.1. The van der Waals surface area contributed by atoms with E-state index >= 15 is 0 Å². The molecular formula is C16H13Cl2NO. The highest BCUT2D eigenvalue weighted by atomic mass is 35.5. The van der Waals surface area contributed by atoms with E-state index < -0.39 is 0 Å². The molecule has 1 aliphatic rings. The minimum atomic E-state index is -0.0753. The number of nitrogens with zero attached hydrogens (tertiary/aromatic N) is 1. The molecule has 0 aromatic heterocycles. The number of carbonyl (C=O) groups excluding carboxylic acids is 1. The molecule has 0 N–H and O–H groups in total. The number of carbonyl (C=O) groups is 1. The first-order valence-corrected chi connectivity index (χ1v) is 7.33. The van der Waals surface area contributed by atoms with Crippen LogP contribution in [0.25, 0.3) is 0 Å². The summed E-state index contributed by atoms with van der Waals surface area (Å²) in [7, 11) is 0. The highest BCUT2D eigenvalue weighted by molar-refractivity contribution is 6.31. The zero-order valence-electron chi connectivity index (χ0n) is 10.7. The molecule has 1 amide bonds. The monoisotopic (exact) mass is 305 g/mol. The van der Waals surface area contributed by atoms with Gasteiger partial charge in [0, 0.05) is 23.2 Å². The summed E-state index contributed by atoms with van der Waals surface area (Å²) in [6.07, 6.45) is 0. The quantitative estimate of drug-likeness (QED) is 0.766. The Hall–Kier alpha value is -1.51. The summed E-state index contributed by atoms with van der Waals surface area (Å²) >= 11 is 12.0. The van der Waals surface area contributed by atoms with Crippen LogP contribution in [-0.4, -0.2) is 18.3 Å². The largest absolute Gasteiger partial charge is 0.310 e. The van der Waals surface area contributed by atoms with E-state index in [0.717, 1.165) is 21.8 Å². The van der Waals surface area contributed by atoms with Crippen molar-refractivity contribution in [1.82, 2.24) is 0 Å². The van der Waals surface area contributed by atoms with Crippen molar-refractivity contribution in [3.05, 3.63) is 64.7 Å². The third-order valence-corrected chi connectivity index (χ3v) is 4.24. The second-order valence-corrected chi connectivity index (χ2v) is 5.45. The van der Waals surface area contributed by atoms with Crippen LogP contribution in [0.5, 0.6) is 0 Å². The van der Waals surface area contributed by atoms with Gasteiger partial charge >= 0.3 is 0 Å². The predicted octanol–water partition coefficient (Wildman–Crippen LogP) is 4.06. The van der Waals surface area contributed by atoms with Crippen LogP contribution in [0.1, 0.15) is 17.0 Å². The Labute approximate surface area is 127 Å². The number of para-hydroxylation sites is 1. The number of halogens is 2. The van der Waals surface area contributed by atoms with Gasteiger partial charge in [-0.05, 0) is 23.3 Å². The molecule has 2 aromatic rings. The Morgan fingerprint density at radius 1 is 1.10 bits per heavy atom. The third kappa shape index (κ3) is 2.19. The Morgan fingerprint density at radius 2 is 1.75 bits per heavy atom. The lowest BCUT2D eigenvalue weighted by Gasteiger charge is -2.17. The van der Waals surface area contributed by atoms with Gasteiger partial charge in [0.05, 0.1) is 0 Å². The van der Waals surface area contributed by atoms with E-state index in [1.807, 2.05) is 48.5 Å². The fourth-order valence-electron chi connectivity index (χ4n) is 2.74. The van der Waals surface area contributed by atoms with Gasteiger partial charge in [-0.2, -0.15) is 0 Å². The highest BCUT2D eigenvalue weighted by Gasteiger charge is 2.33. The van der Waals surface area contributed by atoms with Crippen LogP contribution in [0.4, 0.5) is 5.69 Å². The molecule has 0 saturated carbocycles. The summed E-state index contributed by atoms with van der Waals surface area (Å²) in [5, 5.41) is 0.729. The minimum absolute atomic E-state index is 0.0103. The van der Waals surface area contributed by atoms with Crippen molar-refractivity contribution in [3.8, 4) is 0 Å². The van der Waals surface area contributed by atoms with Crippen LogP contribution < -0.4 is 4.90 Å². The van der Waals surface area contributed by atoms with Gasteiger partial charge < -0.3 is 4.90 Å². The fraction of sp³-hybridized carbons (Fsp3) is 0.188. The first kappa shape index (κ1) is 13.5. The lowest BCUT2D eigenvalue weighted by atomic mass is 9.93. The molecule has 1 aliphatic heterocycles. The Morgan fingerprint density at radius 3 is 2.45 bits per heavy atom. The molecule has 0 radical (unpaired) electrons. The van der Waals surface area contributed by atoms with Crippen molar-refractivity contribution < 1.29 is 4.79 Å². The molecule has 2 nitrogen and oxygen atoms in total. The van der Waals surface area contributed by atoms with E-state index in [2.05, 4.69) is 0 Å². The molecule has 0 aliphatic carbocycles. The Bertz CT molecular complexity index is 656. The molecule has 1 atom stereocenters. The standard InChI is InChI=1S/C16H13Cl2NO/c17-9-16(20)19-10-13(11-5-1-3-7-14(11)18)12-6-2-4-8-15(12)19/h1-8,13H,9-10H2. The van der Waals surface area contributed by atoms with Gasteiger partial charge in [-0.25, -0.2) is 0 Å². The summed E-state index contributed by atoms with van der Waals surface area (Å²) < 4.78 is 0. The van der Waals surface area contributed by atoms with Crippen LogP contribution in [0.15, 0.2) is 48.5 Å². The smallest absolute Gasteiger partial charge is 0.241 e. The van der Waals surface area contributed by atoms with E-state index in [-0.39, 0.29) is 17.7 Å². The van der Waals surface area contributed by atoms with Gasteiger partial charge in [0.1, 0.15) is 5.88 Å². The minimum Gasteiger partial charge on any atom is -0.310 e. The van der Waals surface area contributed by atoms with Gasteiger partial charge in [0.2, 0.25) is 5.91 Å². The number of amides is 1. The highest BCUT2D eigenvalue weighted by Crippen LogP contribution is 2.42. The van der Waals surface area contributed by atoms with E-state index in [9.17, 15) is 4.79 Å². The first-order chi connectivity index (χ1) is 9.72. The van der Waals surface area contributed by atoms with Crippen LogP contribution in [-0.2, 0) is 4.79 Å². The van der Waals surface area contributed by atoms with Gasteiger partial charge in [0.25, 0.3) is 0 Å². The lowest BCUT2D eigenvalue weighted by molar-refractivity contribution is -0.116. The van der Waals surface area contributed by atoms with Crippen molar-refractivity contribution in [1.29, 1.82) is 0 Å². The maximum Gasteiger partial charge on any atom is 0.241 e. The number of hydrogen-bond acceptors (Lipinski definition) is 1. The van der Waals surface area contributed by atoms with Crippen molar-refractivity contribution in [2.45, 2.75) is 5.92 Å². The summed E-state index contributed by atoms with van der Waals surface area (Å²) in [5.41, 5.74) is 3.11. The first-order valence-electron chi connectivity index (χ1n) is 6.42. The fourth-order valence-corrected chi connectivity index (χ4v) is 3.15. The molecule has 0 spiro atoms. The number of rotatable bonds is 2. The SMILES string of the molecule is O=C(CCl)N1CC(c2ccccc2Cl)c2ccccc21. The van der Waals surface area contributed by atoms with Gasteiger partial charge in [-0.3, -0.25) is 4.79 Å². The maximum atomic E-state index is 12.0. The van der Waals surface area contributed by atoms with Crippen LogP contribution >= 0.6 is 23.2 Å². The van der Waals surface area contributed by atoms with Crippen LogP contribution in [0, 0.1) is 0 Å². The predicted molar refractivity (Wildman–Crippen MR) is 82.8 cm³/mol. The average molecular weight is 306 g/mol. The normalized spacial score (nSPS) is 17.1. The summed E-state index contributed by atoms with van der Waals surface area (Å²) in [5.74, 6) is 0.0181. The molecule has 102 valence electrons. The van der Waals surface area contributed by atoms with Crippen molar-refractivity contribution in [2.24, 2.45) is 0 Å². The molecule has 0 saturated heterocycles. The number of fused-ring (bicyclic) bond motifs is 1. The third-order valence-electron chi connectivity index (χ3n) is 3.66. The summed E-state index contributed by atoms with van der Waals surface area (Å²) in [4.78, 5) is 13.7. The van der Waals surface area contributed by atoms with Crippen molar-refractivity contribution in [3.63, 3.8) is 0 Å². The van der Waals surface area contributed by atoms with Crippen molar-refractivity contribution in [2.75, 3.05) is 17.3 Å². The maximum absolute atomic E-state index is 12.0. The van der Waals surface area contributed by atoms with Crippen LogP contribution in [0.3, 0.4) is 0 Å². The zero-order valence-corrected chi connectivity index (χ0v) is 12.2. The Balaban J connectivity index is 2.08. The molecule has 4 heteroatoms. The molecule has 0 bridgehead atoms. The molecular weight excluding hydrogens is 293 g/mol. The number of benzene rings is 2. The van der Waals surface area contributed by atoms with Gasteiger partial charge in [-0.15, -0.1) is 11.6 Å². The average Bonchev–Trinajstić information content (AvgIpc) is 2.86. The molecule has 1 unspecified atom stereocenters.